The fraction of sp³-hybridized carbons (Fsp3) is 0.188. The number of para-hydroxylation sites is 2. The summed E-state index contributed by atoms with van der Waals surface area (Å²) in [5.74, 6) is 0.554. The van der Waals surface area contributed by atoms with Gasteiger partial charge in [0.15, 0.2) is 0 Å². The summed E-state index contributed by atoms with van der Waals surface area (Å²) in [4.78, 5) is 9.53. The van der Waals surface area contributed by atoms with Crippen LogP contribution in [0.1, 0.15) is 44.5 Å². The zero-order valence-corrected chi connectivity index (χ0v) is 20.7. The van der Waals surface area contributed by atoms with Crippen molar-refractivity contribution >= 4 is 23.8 Å². The van der Waals surface area contributed by atoms with Gasteiger partial charge in [-0.15, -0.1) is 0 Å². The van der Waals surface area contributed by atoms with Gasteiger partial charge in [0.25, 0.3) is 0 Å². The standard InChI is InChI=1S/C32H30N2O2/c1-21-15-25-13-11-23-7-3-6-10-30(23)34-20-28-18-22(2)16-26(32(28)36)14-12-24-8-4-5-9-29(24)33-19-27(17-21)31(25)35/h3-10,15-20,35-36H,11-14H2,1-2H3. The SMILES string of the molecule is Cc1cc2c(O)c(c1)CCc1ccccc1N=Cc1cc(C)cc(c1O)CCc1ccccc1N=C2. The number of phenols is 2. The lowest BCUT2D eigenvalue weighted by Crippen LogP contribution is -1.98. The third kappa shape index (κ3) is 5.08. The van der Waals surface area contributed by atoms with Crippen LogP contribution in [0.4, 0.5) is 11.4 Å². The van der Waals surface area contributed by atoms with Crippen molar-refractivity contribution in [3.05, 3.63) is 117 Å². The van der Waals surface area contributed by atoms with Crippen LogP contribution >= 0.6 is 0 Å². The summed E-state index contributed by atoms with van der Waals surface area (Å²) >= 11 is 0. The van der Waals surface area contributed by atoms with E-state index in [4.69, 9.17) is 9.98 Å². The second kappa shape index (κ2) is 10.2. The van der Waals surface area contributed by atoms with Gasteiger partial charge in [-0.3, -0.25) is 9.98 Å². The van der Waals surface area contributed by atoms with E-state index in [0.29, 0.717) is 24.0 Å². The first-order valence-corrected chi connectivity index (χ1v) is 12.4. The Balaban J connectivity index is 1.63. The number of nitrogens with zero attached hydrogens (tertiary/aromatic N) is 2. The third-order valence-electron chi connectivity index (χ3n) is 6.72. The zero-order valence-electron chi connectivity index (χ0n) is 20.7. The monoisotopic (exact) mass is 474 g/mol. The molecule has 0 radical (unpaired) electrons. The zero-order chi connectivity index (χ0) is 25.1. The van der Waals surface area contributed by atoms with Crippen molar-refractivity contribution in [3.8, 4) is 11.5 Å². The molecule has 0 saturated heterocycles. The molecule has 4 heteroatoms. The summed E-state index contributed by atoms with van der Waals surface area (Å²) in [5, 5.41) is 22.1. The first-order chi connectivity index (χ1) is 17.5. The van der Waals surface area contributed by atoms with E-state index in [-0.39, 0.29) is 11.5 Å². The number of aromatic hydroxyl groups is 2. The minimum absolute atomic E-state index is 0.277. The van der Waals surface area contributed by atoms with Crippen molar-refractivity contribution in [2.24, 2.45) is 9.98 Å². The highest BCUT2D eigenvalue weighted by atomic mass is 16.3. The Morgan fingerprint density at radius 1 is 0.528 bits per heavy atom. The summed E-state index contributed by atoms with van der Waals surface area (Å²) in [6, 6.07) is 24.1. The van der Waals surface area contributed by atoms with Gasteiger partial charge in [0, 0.05) is 23.6 Å². The average Bonchev–Trinajstić information content (AvgIpc) is 2.88. The molecule has 1 heterocycles. The molecule has 0 atom stereocenters. The Kier molecular flexibility index (Phi) is 6.68. The average molecular weight is 475 g/mol. The number of hydrogen-bond acceptors (Lipinski definition) is 4. The van der Waals surface area contributed by atoms with Gasteiger partial charge in [0.1, 0.15) is 11.5 Å². The summed E-state index contributed by atoms with van der Waals surface area (Å²) in [7, 11) is 0. The predicted octanol–water partition coefficient (Wildman–Crippen LogP) is 7.10. The van der Waals surface area contributed by atoms with Crippen molar-refractivity contribution in [1.82, 2.24) is 0 Å². The highest BCUT2D eigenvalue weighted by Gasteiger charge is 2.12. The smallest absolute Gasteiger partial charge is 0.127 e. The first-order valence-electron chi connectivity index (χ1n) is 12.4. The normalized spacial score (nSPS) is 13.4. The third-order valence-corrected chi connectivity index (χ3v) is 6.72. The lowest BCUT2D eigenvalue weighted by molar-refractivity contribution is 0.466. The van der Waals surface area contributed by atoms with E-state index in [1.54, 1.807) is 12.4 Å². The first kappa shape index (κ1) is 23.6. The van der Waals surface area contributed by atoms with E-state index in [1.165, 1.54) is 0 Å². The molecule has 4 nitrogen and oxygen atoms in total. The van der Waals surface area contributed by atoms with Crippen molar-refractivity contribution in [1.29, 1.82) is 0 Å². The van der Waals surface area contributed by atoms with E-state index in [1.807, 2.05) is 74.5 Å². The summed E-state index contributed by atoms with van der Waals surface area (Å²) in [5.41, 5.74) is 9.30. The lowest BCUT2D eigenvalue weighted by atomic mass is 9.97. The second-order valence-electron chi connectivity index (χ2n) is 9.50. The van der Waals surface area contributed by atoms with E-state index < -0.39 is 0 Å². The molecule has 36 heavy (non-hydrogen) atoms. The Morgan fingerprint density at radius 2 is 0.917 bits per heavy atom. The molecule has 0 spiro atoms. The Labute approximate surface area is 212 Å². The van der Waals surface area contributed by atoms with Crippen LogP contribution in [-0.4, -0.2) is 22.6 Å². The highest BCUT2D eigenvalue weighted by Crippen LogP contribution is 2.30. The number of phenolic OH excluding ortho intramolecular Hbond substituents is 2. The molecule has 0 aromatic heterocycles. The highest BCUT2D eigenvalue weighted by molar-refractivity contribution is 5.87. The number of rotatable bonds is 0. The number of aliphatic imine (C=N–C) groups is 2. The van der Waals surface area contributed by atoms with E-state index in [9.17, 15) is 10.2 Å². The van der Waals surface area contributed by atoms with Crippen LogP contribution < -0.4 is 0 Å². The molecule has 1 aliphatic heterocycles. The maximum absolute atomic E-state index is 11.1. The van der Waals surface area contributed by atoms with Crippen LogP contribution in [0.2, 0.25) is 0 Å². The molecule has 1 aliphatic rings. The number of benzene rings is 4. The van der Waals surface area contributed by atoms with Crippen molar-refractivity contribution in [3.63, 3.8) is 0 Å². The quantitative estimate of drug-likeness (QED) is 0.285. The molecule has 0 amide bonds. The van der Waals surface area contributed by atoms with E-state index in [2.05, 4.69) is 12.1 Å². The predicted molar refractivity (Wildman–Crippen MR) is 148 cm³/mol. The minimum Gasteiger partial charge on any atom is -0.507 e. The van der Waals surface area contributed by atoms with E-state index in [0.717, 1.165) is 57.6 Å². The van der Waals surface area contributed by atoms with Gasteiger partial charge in [-0.05, 0) is 97.2 Å². The Bertz CT molecular complexity index is 1370. The van der Waals surface area contributed by atoms with Gasteiger partial charge in [0.05, 0.1) is 11.4 Å². The molecule has 5 rings (SSSR count). The van der Waals surface area contributed by atoms with Crippen molar-refractivity contribution < 1.29 is 10.2 Å². The largest absolute Gasteiger partial charge is 0.507 e. The van der Waals surface area contributed by atoms with Crippen LogP contribution in [0.3, 0.4) is 0 Å². The number of aryl methyl sites for hydroxylation is 6. The van der Waals surface area contributed by atoms with Crippen molar-refractivity contribution in [2.75, 3.05) is 0 Å². The molecule has 4 bridgehead atoms. The molecule has 0 saturated carbocycles. The molecule has 180 valence electrons. The van der Waals surface area contributed by atoms with Gasteiger partial charge < -0.3 is 10.2 Å². The van der Waals surface area contributed by atoms with Gasteiger partial charge in [0.2, 0.25) is 0 Å². The molecular formula is C32H30N2O2. The number of hydrogen-bond donors (Lipinski definition) is 2. The Hall–Kier alpha value is -4.18. The fourth-order valence-corrected chi connectivity index (χ4v) is 4.86. The van der Waals surface area contributed by atoms with Crippen LogP contribution in [0.5, 0.6) is 11.5 Å². The number of fused-ring (bicyclic) bond motifs is 6. The van der Waals surface area contributed by atoms with Crippen LogP contribution in [0.15, 0.2) is 82.8 Å². The molecule has 0 fully saturated rings. The van der Waals surface area contributed by atoms with Crippen LogP contribution in [0, 0.1) is 13.8 Å². The Morgan fingerprint density at radius 3 is 1.36 bits per heavy atom. The lowest BCUT2D eigenvalue weighted by Gasteiger charge is -2.13. The maximum Gasteiger partial charge on any atom is 0.127 e. The summed E-state index contributed by atoms with van der Waals surface area (Å²) in [6.07, 6.45) is 6.33. The second-order valence-corrected chi connectivity index (χ2v) is 9.50. The molecule has 0 unspecified atom stereocenters. The fourth-order valence-electron chi connectivity index (χ4n) is 4.86. The van der Waals surface area contributed by atoms with Gasteiger partial charge in [-0.1, -0.05) is 48.5 Å². The molecular weight excluding hydrogens is 444 g/mol. The van der Waals surface area contributed by atoms with Crippen LogP contribution in [-0.2, 0) is 25.7 Å². The topological polar surface area (TPSA) is 65.2 Å². The van der Waals surface area contributed by atoms with Gasteiger partial charge in [-0.25, -0.2) is 0 Å². The minimum atomic E-state index is 0.277. The molecule has 4 aromatic rings. The van der Waals surface area contributed by atoms with Crippen LogP contribution in [0.25, 0.3) is 0 Å². The van der Waals surface area contributed by atoms with Crippen molar-refractivity contribution in [2.45, 2.75) is 39.5 Å². The van der Waals surface area contributed by atoms with Gasteiger partial charge >= 0.3 is 0 Å². The summed E-state index contributed by atoms with van der Waals surface area (Å²) < 4.78 is 0. The molecule has 2 N–H and O–H groups in total. The maximum atomic E-state index is 11.1. The molecule has 0 aliphatic carbocycles. The van der Waals surface area contributed by atoms with Gasteiger partial charge in [-0.2, -0.15) is 0 Å². The summed E-state index contributed by atoms with van der Waals surface area (Å²) in [6.45, 7) is 4.08. The van der Waals surface area contributed by atoms with E-state index >= 15 is 0 Å². The molecule has 4 aromatic carbocycles.